The molecule has 1 fully saturated rings. The molecule has 0 unspecified atom stereocenters. The normalized spacial score (nSPS) is 16.7. The zero-order valence-corrected chi connectivity index (χ0v) is 8.63. The lowest BCUT2D eigenvalue weighted by atomic mass is 10.2. The Hall–Kier alpha value is -1.84. The van der Waals surface area contributed by atoms with Gasteiger partial charge >= 0.3 is 6.03 Å². The quantitative estimate of drug-likeness (QED) is 0.669. The van der Waals surface area contributed by atoms with Crippen LogP contribution in [0, 0.1) is 0 Å². The maximum Gasteiger partial charge on any atom is 0.340 e. The molecule has 4 heteroatoms. The summed E-state index contributed by atoms with van der Waals surface area (Å²) in [6, 6.07) is 9.70. The molecule has 0 radical (unpaired) electrons. The van der Waals surface area contributed by atoms with Gasteiger partial charge in [0.15, 0.2) is 0 Å². The first-order chi connectivity index (χ1) is 7.27. The largest absolute Gasteiger partial charge is 0.340 e. The number of benzene rings is 1. The fraction of sp³-hybridized carbons (Fsp3) is 0.273. The Bertz CT molecular complexity index is 375. The van der Waals surface area contributed by atoms with E-state index in [1.807, 2.05) is 30.3 Å². The van der Waals surface area contributed by atoms with Crippen LogP contribution in [0.5, 0.6) is 0 Å². The Morgan fingerprint density at radius 3 is 2.60 bits per heavy atom. The van der Waals surface area contributed by atoms with E-state index in [2.05, 4.69) is 5.10 Å². The number of carbonyl (C=O) groups excluding carboxylic acids is 1. The van der Waals surface area contributed by atoms with Crippen molar-refractivity contribution in [3.8, 4) is 0 Å². The highest BCUT2D eigenvalue weighted by Gasteiger charge is 2.24. The summed E-state index contributed by atoms with van der Waals surface area (Å²) in [5.74, 6) is 0. The molecule has 1 aromatic rings. The SMILES string of the molecule is CN1CCN(N=Cc2ccccc2)C1=O. The Morgan fingerprint density at radius 1 is 1.27 bits per heavy atom. The topological polar surface area (TPSA) is 35.9 Å². The third-order valence-electron chi connectivity index (χ3n) is 2.34. The van der Waals surface area contributed by atoms with Gasteiger partial charge in [-0.1, -0.05) is 30.3 Å². The first-order valence-electron chi connectivity index (χ1n) is 4.89. The summed E-state index contributed by atoms with van der Waals surface area (Å²) in [6.45, 7) is 1.41. The Labute approximate surface area is 88.8 Å². The highest BCUT2D eigenvalue weighted by molar-refractivity contribution is 5.82. The molecule has 78 valence electrons. The molecule has 0 N–H and O–H groups in total. The molecule has 1 aliphatic rings. The fourth-order valence-electron chi connectivity index (χ4n) is 1.42. The second kappa shape index (κ2) is 4.13. The molecule has 4 nitrogen and oxygen atoms in total. The zero-order valence-electron chi connectivity index (χ0n) is 8.63. The van der Waals surface area contributed by atoms with Crippen LogP contribution in [0.15, 0.2) is 35.4 Å². The molecular weight excluding hydrogens is 190 g/mol. The maximum absolute atomic E-state index is 11.5. The van der Waals surface area contributed by atoms with Crippen molar-refractivity contribution in [3.63, 3.8) is 0 Å². The first kappa shape index (κ1) is 9.71. The molecule has 0 saturated carbocycles. The molecule has 1 saturated heterocycles. The van der Waals surface area contributed by atoms with Gasteiger partial charge in [-0.2, -0.15) is 5.10 Å². The van der Waals surface area contributed by atoms with E-state index in [-0.39, 0.29) is 6.03 Å². The summed E-state index contributed by atoms with van der Waals surface area (Å²) in [7, 11) is 1.78. The summed E-state index contributed by atoms with van der Waals surface area (Å²) in [5, 5.41) is 5.62. The summed E-state index contributed by atoms with van der Waals surface area (Å²) in [6.07, 6.45) is 1.71. The number of carbonyl (C=O) groups is 1. The molecule has 0 aliphatic carbocycles. The monoisotopic (exact) mass is 203 g/mol. The summed E-state index contributed by atoms with van der Waals surface area (Å²) >= 11 is 0. The minimum Gasteiger partial charge on any atom is -0.324 e. The number of hydrogen-bond acceptors (Lipinski definition) is 2. The van der Waals surface area contributed by atoms with E-state index in [0.29, 0.717) is 6.54 Å². The van der Waals surface area contributed by atoms with Gasteiger partial charge in [0.1, 0.15) is 0 Å². The molecule has 1 aliphatic heterocycles. The summed E-state index contributed by atoms with van der Waals surface area (Å²) < 4.78 is 0. The fourth-order valence-corrected chi connectivity index (χ4v) is 1.42. The number of likely N-dealkylation sites (N-methyl/N-ethyl adjacent to an activating group) is 1. The highest BCUT2D eigenvalue weighted by Crippen LogP contribution is 2.06. The second-order valence-corrected chi connectivity index (χ2v) is 3.48. The van der Waals surface area contributed by atoms with E-state index in [1.54, 1.807) is 18.2 Å². The van der Waals surface area contributed by atoms with Crippen molar-refractivity contribution >= 4 is 12.2 Å². The predicted octanol–water partition coefficient (Wildman–Crippen LogP) is 1.39. The van der Waals surface area contributed by atoms with Gasteiger partial charge < -0.3 is 4.90 Å². The third-order valence-corrected chi connectivity index (χ3v) is 2.34. The number of nitrogens with zero attached hydrogens (tertiary/aromatic N) is 3. The third kappa shape index (κ3) is 2.15. The number of hydrazone groups is 1. The number of rotatable bonds is 2. The van der Waals surface area contributed by atoms with Crippen LogP contribution in [-0.4, -0.2) is 42.3 Å². The van der Waals surface area contributed by atoms with E-state index >= 15 is 0 Å². The molecule has 1 aromatic carbocycles. The maximum atomic E-state index is 11.5. The average molecular weight is 203 g/mol. The van der Waals surface area contributed by atoms with Crippen molar-refractivity contribution in [2.75, 3.05) is 20.1 Å². The molecule has 1 heterocycles. The van der Waals surface area contributed by atoms with Gasteiger partial charge in [0.05, 0.1) is 12.8 Å². The van der Waals surface area contributed by atoms with E-state index in [0.717, 1.165) is 12.1 Å². The van der Waals surface area contributed by atoms with Crippen LogP contribution in [0.3, 0.4) is 0 Å². The van der Waals surface area contributed by atoms with Gasteiger partial charge in [0.25, 0.3) is 0 Å². The number of urea groups is 1. The first-order valence-corrected chi connectivity index (χ1v) is 4.89. The van der Waals surface area contributed by atoms with Crippen LogP contribution in [0.1, 0.15) is 5.56 Å². The molecule has 2 rings (SSSR count). The zero-order chi connectivity index (χ0) is 10.7. The van der Waals surface area contributed by atoms with Crippen LogP contribution in [0.25, 0.3) is 0 Å². The van der Waals surface area contributed by atoms with Gasteiger partial charge in [-0.15, -0.1) is 0 Å². The smallest absolute Gasteiger partial charge is 0.324 e. The van der Waals surface area contributed by atoms with Crippen LogP contribution < -0.4 is 0 Å². The van der Waals surface area contributed by atoms with Crippen molar-refractivity contribution in [2.45, 2.75) is 0 Å². The number of amides is 2. The van der Waals surface area contributed by atoms with Gasteiger partial charge in [-0.25, -0.2) is 9.80 Å². The van der Waals surface area contributed by atoms with Gasteiger partial charge in [-0.05, 0) is 5.56 Å². The van der Waals surface area contributed by atoms with Crippen molar-refractivity contribution in [1.82, 2.24) is 9.91 Å². The van der Waals surface area contributed by atoms with Crippen molar-refractivity contribution in [1.29, 1.82) is 0 Å². The summed E-state index contributed by atoms with van der Waals surface area (Å²) in [5.41, 5.74) is 1.000. The molecule has 0 aromatic heterocycles. The highest BCUT2D eigenvalue weighted by atomic mass is 16.2. The molecule has 15 heavy (non-hydrogen) atoms. The van der Waals surface area contributed by atoms with Crippen molar-refractivity contribution in [2.24, 2.45) is 5.10 Å². The second-order valence-electron chi connectivity index (χ2n) is 3.48. The lowest BCUT2D eigenvalue weighted by molar-refractivity contribution is 0.200. The van der Waals surface area contributed by atoms with Gasteiger partial charge in [0.2, 0.25) is 0 Å². The Kier molecular flexibility index (Phi) is 2.67. The minimum absolute atomic E-state index is 0.0396. The van der Waals surface area contributed by atoms with Crippen LogP contribution in [0.4, 0.5) is 4.79 Å². The molecule has 0 spiro atoms. The standard InChI is InChI=1S/C11H13N3O/c1-13-7-8-14(11(13)15)12-9-10-5-3-2-4-6-10/h2-6,9H,7-8H2,1H3. The van der Waals surface area contributed by atoms with Crippen LogP contribution >= 0.6 is 0 Å². The van der Waals surface area contributed by atoms with Crippen molar-refractivity contribution in [3.05, 3.63) is 35.9 Å². The van der Waals surface area contributed by atoms with E-state index in [9.17, 15) is 4.79 Å². The number of hydrogen-bond donors (Lipinski definition) is 0. The predicted molar refractivity (Wildman–Crippen MR) is 58.8 cm³/mol. The molecule has 0 atom stereocenters. The Morgan fingerprint density at radius 2 is 2.00 bits per heavy atom. The molecule has 2 amide bonds. The lowest BCUT2D eigenvalue weighted by Crippen LogP contribution is -2.25. The average Bonchev–Trinajstić information content (AvgIpc) is 2.59. The molecular formula is C11H13N3O. The van der Waals surface area contributed by atoms with Crippen molar-refractivity contribution < 1.29 is 4.79 Å². The lowest BCUT2D eigenvalue weighted by Gasteiger charge is -2.08. The minimum atomic E-state index is -0.0396. The Balaban J connectivity index is 2.04. The van der Waals surface area contributed by atoms with Gasteiger partial charge in [0, 0.05) is 13.6 Å². The van der Waals surface area contributed by atoms with E-state index in [4.69, 9.17) is 0 Å². The van der Waals surface area contributed by atoms with E-state index in [1.165, 1.54) is 5.01 Å². The van der Waals surface area contributed by atoms with E-state index < -0.39 is 0 Å². The van der Waals surface area contributed by atoms with Crippen LogP contribution in [-0.2, 0) is 0 Å². The van der Waals surface area contributed by atoms with Crippen LogP contribution in [0.2, 0.25) is 0 Å². The molecule has 0 bridgehead atoms. The van der Waals surface area contributed by atoms with Gasteiger partial charge in [-0.3, -0.25) is 0 Å². The summed E-state index contributed by atoms with van der Waals surface area (Å²) in [4.78, 5) is 13.1.